The van der Waals surface area contributed by atoms with E-state index >= 15 is 0 Å². The molecule has 36 heavy (non-hydrogen) atoms. The summed E-state index contributed by atoms with van der Waals surface area (Å²) in [5.74, 6) is -3.56. The number of carboxylic acid groups (broad SMARTS) is 2. The summed E-state index contributed by atoms with van der Waals surface area (Å²) in [7, 11) is 3.99. The molecule has 0 radical (unpaired) electrons. The van der Waals surface area contributed by atoms with Gasteiger partial charge in [-0.1, -0.05) is 6.07 Å². The Labute approximate surface area is 206 Å². The molecule has 16 heteroatoms. The molecule has 2 fully saturated rings. The third kappa shape index (κ3) is 10.9. The highest BCUT2D eigenvalue weighted by molar-refractivity contribution is 8.01. The Kier molecular flexibility index (Phi) is 11.3. The normalized spacial score (nSPS) is 18.4. The van der Waals surface area contributed by atoms with Crippen molar-refractivity contribution in [1.29, 1.82) is 0 Å². The Hall–Kier alpha value is -2.75. The van der Waals surface area contributed by atoms with Crippen molar-refractivity contribution in [3.05, 3.63) is 24.4 Å². The van der Waals surface area contributed by atoms with E-state index in [1.807, 2.05) is 49.0 Å². The van der Waals surface area contributed by atoms with E-state index in [9.17, 15) is 31.1 Å². The Morgan fingerprint density at radius 2 is 1.64 bits per heavy atom. The molecule has 1 aromatic rings. The van der Waals surface area contributed by atoms with Gasteiger partial charge < -0.3 is 24.7 Å². The summed E-state index contributed by atoms with van der Waals surface area (Å²) in [6.45, 7) is 2.55. The third-order valence-corrected chi connectivity index (χ3v) is 6.24. The molecule has 3 rings (SSSR count). The Balaban J connectivity index is 0.000000383. The summed E-state index contributed by atoms with van der Waals surface area (Å²) < 4.78 is 69.6. The molecular formula is C20H25F6N3O6S. The van der Waals surface area contributed by atoms with Crippen molar-refractivity contribution in [2.75, 3.05) is 39.5 Å². The van der Waals surface area contributed by atoms with Gasteiger partial charge in [-0.2, -0.15) is 26.3 Å². The maximum absolute atomic E-state index is 12.1. The molecule has 1 unspecified atom stereocenters. The molecule has 1 aromatic heterocycles. The van der Waals surface area contributed by atoms with E-state index in [0.29, 0.717) is 12.3 Å². The van der Waals surface area contributed by atoms with Gasteiger partial charge in [0.1, 0.15) is 6.10 Å². The number of aromatic nitrogens is 1. The Bertz CT molecular complexity index is 855. The highest BCUT2D eigenvalue weighted by Crippen LogP contribution is 2.46. The zero-order valence-electron chi connectivity index (χ0n) is 19.2. The number of amides is 1. The summed E-state index contributed by atoms with van der Waals surface area (Å²) >= 11 is 1.95. The fraction of sp³-hybridized carbons (Fsp3) is 0.600. The number of alkyl halides is 6. The highest BCUT2D eigenvalue weighted by atomic mass is 32.2. The maximum Gasteiger partial charge on any atom is 0.490 e. The average Bonchev–Trinajstić information content (AvgIpc) is 3.15. The van der Waals surface area contributed by atoms with Crippen LogP contribution in [0.3, 0.4) is 0 Å². The number of nitrogens with zero attached hydrogens (tertiary/aromatic N) is 3. The number of halogens is 6. The van der Waals surface area contributed by atoms with Crippen molar-refractivity contribution in [2.24, 2.45) is 0 Å². The van der Waals surface area contributed by atoms with Crippen LogP contribution < -0.4 is 4.74 Å². The van der Waals surface area contributed by atoms with Crippen molar-refractivity contribution in [1.82, 2.24) is 14.8 Å². The molecule has 2 aliphatic heterocycles. The maximum atomic E-state index is 12.1. The number of hydrogen-bond acceptors (Lipinski definition) is 7. The standard InChI is InChI=1S/C16H23N3O2S.2C2HF3O2/c1-18(2)8-6-15(20)19-11-16(12-19)9-13(10-22-16)21-14-5-3-4-7-17-14;2*3-2(4,5)1(6)7/h3-5,7,13H,6,8-12H2,1-2H3;2*(H,6,7). The van der Waals surface area contributed by atoms with Crippen molar-refractivity contribution in [3.8, 4) is 5.88 Å². The molecule has 1 atom stereocenters. The van der Waals surface area contributed by atoms with Gasteiger partial charge in [0.25, 0.3) is 0 Å². The molecule has 2 N–H and O–H groups in total. The second-order valence-electron chi connectivity index (χ2n) is 8.01. The molecule has 2 saturated heterocycles. The number of carbonyl (C=O) groups excluding carboxylic acids is 1. The highest BCUT2D eigenvalue weighted by Gasteiger charge is 2.51. The molecule has 0 bridgehead atoms. The van der Waals surface area contributed by atoms with Crippen molar-refractivity contribution < 1.29 is 55.7 Å². The van der Waals surface area contributed by atoms with Gasteiger partial charge in [0.05, 0.1) is 4.75 Å². The number of pyridine rings is 1. The molecule has 204 valence electrons. The van der Waals surface area contributed by atoms with Crippen LogP contribution in [0.2, 0.25) is 0 Å². The van der Waals surface area contributed by atoms with Crippen LogP contribution in [0.4, 0.5) is 26.3 Å². The first-order valence-corrected chi connectivity index (χ1v) is 11.2. The van der Waals surface area contributed by atoms with Crippen LogP contribution in [-0.2, 0) is 14.4 Å². The molecule has 0 saturated carbocycles. The monoisotopic (exact) mass is 549 g/mol. The summed E-state index contributed by atoms with van der Waals surface area (Å²) in [5.41, 5.74) is 0. The minimum absolute atomic E-state index is 0.207. The zero-order chi connectivity index (χ0) is 27.7. The van der Waals surface area contributed by atoms with E-state index in [-0.39, 0.29) is 16.8 Å². The summed E-state index contributed by atoms with van der Waals surface area (Å²) in [6, 6.07) is 5.73. The smallest absolute Gasteiger partial charge is 0.475 e. The van der Waals surface area contributed by atoms with Crippen molar-refractivity contribution >= 4 is 29.6 Å². The van der Waals surface area contributed by atoms with Crippen LogP contribution in [-0.4, -0.2) is 106 Å². The number of carbonyl (C=O) groups is 3. The molecule has 0 aromatic carbocycles. The van der Waals surface area contributed by atoms with Gasteiger partial charge in [0.15, 0.2) is 0 Å². The van der Waals surface area contributed by atoms with Crippen molar-refractivity contribution in [2.45, 2.75) is 36.0 Å². The quantitative estimate of drug-likeness (QED) is 0.535. The van der Waals surface area contributed by atoms with E-state index in [1.165, 1.54) is 0 Å². The second-order valence-corrected chi connectivity index (χ2v) is 9.50. The summed E-state index contributed by atoms with van der Waals surface area (Å²) in [4.78, 5) is 38.1. The van der Waals surface area contributed by atoms with E-state index in [1.54, 1.807) is 6.20 Å². The molecule has 1 spiro atoms. The largest absolute Gasteiger partial charge is 0.490 e. The van der Waals surface area contributed by atoms with Crippen LogP contribution in [0.5, 0.6) is 5.88 Å². The topological polar surface area (TPSA) is 120 Å². The lowest BCUT2D eigenvalue weighted by molar-refractivity contribution is -0.193. The first-order valence-electron chi connectivity index (χ1n) is 10.2. The number of ether oxygens (including phenoxy) is 1. The predicted octanol–water partition coefficient (Wildman–Crippen LogP) is 2.77. The van der Waals surface area contributed by atoms with E-state index in [4.69, 9.17) is 24.5 Å². The summed E-state index contributed by atoms with van der Waals surface area (Å²) in [5, 5.41) is 14.2. The third-order valence-electron chi connectivity index (χ3n) is 4.67. The first kappa shape index (κ1) is 31.3. The van der Waals surface area contributed by atoms with Gasteiger partial charge in [-0.25, -0.2) is 14.6 Å². The molecule has 1 amide bonds. The second kappa shape index (κ2) is 13.0. The van der Waals surface area contributed by atoms with Crippen LogP contribution in [0.15, 0.2) is 24.4 Å². The van der Waals surface area contributed by atoms with E-state index in [0.717, 1.165) is 31.8 Å². The number of likely N-dealkylation sites (tertiary alicyclic amines) is 1. The minimum atomic E-state index is -5.08. The van der Waals surface area contributed by atoms with Gasteiger partial charge in [-0.15, -0.1) is 11.8 Å². The lowest BCUT2D eigenvalue weighted by Gasteiger charge is -2.47. The van der Waals surface area contributed by atoms with Gasteiger partial charge in [-0.05, 0) is 20.2 Å². The first-order chi connectivity index (χ1) is 16.4. The fourth-order valence-corrected chi connectivity index (χ4v) is 4.51. The predicted molar refractivity (Wildman–Crippen MR) is 116 cm³/mol. The van der Waals surface area contributed by atoms with Gasteiger partial charge in [0, 0.05) is 50.5 Å². The van der Waals surface area contributed by atoms with Crippen LogP contribution in [0.25, 0.3) is 0 Å². The van der Waals surface area contributed by atoms with Crippen LogP contribution in [0, 0.1) is 0 Å². The Morgan fingerprint density at radius 1 is 1.11 bits per heavy atom. The summed E-state index contributed by atoms with van der Waals surface area (Å²) in [6.07, 6.45) is -6.59. The molecule has 2 aliphatic rings. The lowest BCUT2D eigenvalue weighted by Crippen LogP contribution is -2.61. The molecule has 0 aliphatic carbocycles. The average molecular weight is 549 g/mol. The van der Waals surface area contributed by atoms with Crippen LogP contribution in [0.1, 0.15) is 12.8 Å². The zero-order valence-corrected chi connectivity index (χ0v) is 20.0. The number of aliphatic carboxylic acids is 2. The van der Waals surface area contributed by atoms with E-state index < -0.39 is 24.3 Å². The van der Waals surface area contributed by atoms with Crippen molar-refractivity contribution in [3.63, 3.8) is 0 Å². The number of hydrogen-bond donors (Lipinski definition) is 2. The number of carboxylic acids is 2. The molecule has 3 heterocycles. The fourth-order valence-electron chi connectivity index (χ4n) is 2.99. The molecular weight excluding hydrogens is 524 g/mol. The molecule has 9 nitrogen and oxygen atoms in total. The van der Waals surface area contributed by atoms with Crippen LogP contribution >= 0.6 is 11.8 Å². The lowest BCUT2D eigenvalue weighted by atomic mass is 9.92. The van der Waals surface area contributed by atoms with Gasteiger partial charge in [-0.3, -0.25) is 4.79 Å². The van der Waals surface area contributed by atoms with Gasteiger partial charge in [0.2, 0.25) is 11.8 Å². The Morgan fingerprint density at radius 3 is 2.06 bits per heavy atom. The minimum Gasteiger partial charge on any atom is -0.475 e. The number of rotatable bonds is 5. The SMILES string of the molecule is CN(C)CCC(=O)N1CC2(CC(Oc3ccccn3)CS2)C1.O=C(O)C(F)(F)F.O=C(O)C(F)(F)F. The van der Waals surface area contributed by atoms with Gasteiger partial charge >= 0.3 is 24.3 Å². The number of thioether (sulfide) groups is 1. The van der Waals surface area contributed by atoms with E-state index in [2.05, 4.69) is 9.88 Å².